The van der Waals surface area contributed by atoms with E-state index in [0.717, 1.165) is 50.8 Å². The normalized spacial score (nSPS) is 16.2. The zero-order chi connectivity index (χ0) is 15.1. The first-order valence-electron chi connectivity index (χ1n) is 7.79. The van der Waals surface area contributed by atoms with Gasteiger partial charge in [0.25, 0.3) is 0 Å². The first kappa shape index (κ1) is 16.3. The maximum absolute atomic E-state index is 6.07. The molecule has 0 aromatic heterocycles. The average molecular weight is 308 g/mol. The lowest BCUT2D eigenvalue weighted by Gasteiger charge is -2.36. The summed E-state index contributed by atoms with van der Waals surface area (Å²) in [6.07, 6.45) is 1.17. The fraction of sp³-hybridized carbons (Fsp3) is 0.529. The van der Waals surface area contributed by atoms with Crippen LogP contribution in [0.25, 0.3) is 0 Å². The lowest BCUT2D eigenvalue weighted by Crippen LogP contribution is -2.47. The van der Waals surface area contributed by atoms with Crippen LogP contribution in [0.2, 0.25) is 5.02 Å². The van der Waals surface area contributed by atoms with E-state index in [1.165, 1.54) is 17.7 Å². The number of nitrogens with one attached hydrogen (secondary N) is 1. The van der Waals surface area contributed by atoms with Crippen molar-refractivity contribution in [2.24, 2.45) is 0 Å². The number of benzene rings is 1. The van der Waals surface area contributed by atoms with E-state index in [9.17, 15) is 0 Å². The maximum Gasteiger partial charge on any atom is 0.0426 e. The van der Waals surface area contributed by atoms with Gasteiger partial charge in [-0.25, -0.2) is 0 Å². The summed E-state index contributed by atoms with van der Waals surface area (Å²) < 4.78 is 0. The summed E-state index contributed by atoms with van der Waals surface area (Å²) in [5.41, 5.74) is 2.50. The van der Waals surface area contributed by atoms with Crippen LogP contribution in [0.1, 0.15) is 13.3 Å². The van der Waals surface area contributed by atoms with E-state index >= 15 is 0 Å². The van der Waals surface area contributed by atoms with Crippen LogP contribution >= 0.6 is 11.6 Å². The van der Waals surface area contributed by atoms with Crippen LogP contribution in [0.15, 0.2) is 36.4 Å². The van der Waals surface area contributed by atoms with Crippen LogP contribution < -0.4 is 10.2 Å². The molecular formula is C17H26ClN3. The van der Waals surface area contributed by atoms with Gasteiger partial charge in [-0.2, -0.15) is 0 Å². The highest BCUT2D eigenvalue weighted by molar-refractivity contribution is 6.30. The average Bonchev–Trinajstić information content (AvgIpc) is 2.48. The van der Waals surface area contributed by atoms with Gasteiger partial charge in [0.1, 0.15) is 0 Å². The van der Waals surface area contributed by atoms with Crippen molar-refractivity contribution in [1.82, 2.24) is 10.2 Å². The molecule has 3 nitrogen and oxygen atoms in total. The Balaban J connectivity index is 1.74. The van der Waals surface area contributed by atoms with E-state index in [4.69, 9.17) is 11.6 Å². The molecular weight excluding hydrogens is 282 g/mol. The minimum atomic E-state index is 0.810. The van der Waals surface area contributed by atoms with Crippen LogP contribution in [0, 0.1) is 0 Å². The van der Waals surface area contributed by atoms with Crippen molar-refractivity contribution < 1.29 is 0 Å². The molecule has 0 radical (unpaired) electrons. The van der Waals surface area contributed by atoms with Crippen molar-refractivity contribution in [3.63, 3.8) is 0 Å². The van der Waals surface area contributed by atoms with Gasteiger partial charge in [-0.1, -0.05) is 31.2 Å². The summed E-state index contributed by atoms with van der Waals surface area (Å²) in [4.78, 5) is 4.89. The van der Waals surface area contributed by atoms with Crippen LogP contribution in [-0.4, -0.2) is 50.7 Å². The molecule has 0 saturated carbocycles. The minimum Gasteiger partial charge on any atom is -0.369 e. The van der Waals surface area contributed by atoms with Gasteiger partial charge in [0.15, 0.2) is 0 Å². The molecule has 1 aromatic rings. The molecule has 0 bridgehead atoms. The Morgan fingerprint density at radius 3 is 2.71 bits per heavy atom. The number of nitrogens with zero attached hydrogens (tertiary/aromatic N) is 2. The molecule has 21 heavy (non-hydrogen) atoms. The Hall–Kier alpha value is -1.03. The summed E-state index contributed by atoms with van der Waals surface area (Å²) in [5.74, 6) is 0. The standard InChI is InChI=1S/C17H26ClN3/c1-3-7-19-13-15(2)14-20-8-10-21(11-9-20)17-6-4-5-16(18)12-17/h4-6,12,19H,2-3,7-11,13-14H2,1H3. The Labute approximate surface area is 133 Å². The predicted molar refractivity (Wildman–Crippen MR) is 92.4 cm³/mol. The van der Waals surface area contributed by atoms with Gasteiger partial charge >= 0.3 is 0 Å². The smallest absolute Gasteiger partial charge is 0.0426 e. The van der Waals surface area contributed by atoms with Gasteiger partial charge in [0.2, 0.25) is 0 Å². The van der Waals surface area contributed by atoms with E-state index in [-0.39, 0.29) is 0 Å². The number of rotatable bonds is 7. The van der Waals surface area contributed by atoms with E-state index in [2.05, 4.69) is 34.7 Å². The predicted octanol–water partition coefficient (Wildman–Crippen LogP) is 3.02. The Morgan fingerprint density at radius 1 is 1.29 bits per heavy atom. The molecule has 1 heterocycles. The molecule has 2 rings (SSSR count). The van der Waals surface area contributed by atoms with Gasteiger partial charge in [-0.3, -0.25) is 4.90 Å². The topological polar surface area (TPSA) is 18.5 Å². The highest BCUT2D eigenvalue weighted by Crippen LogP contribution is 2.20. The maximum atomic E-state index is 6.07. The fourth-order valence-corrected chi connectivity index (χ4v) is 2.84. The summed E-state index contributed by atoms with van der Waals surface area (Å²) in [6, 6.07) is 8.12. The van der Waals surface area contributed by atoms with Crippen molar-refractivity contribution in [1.29, 1.82) is 0 Å². The fourth-order valence-electron chi connectivity index (χ4n) is 2.65. The largest absolute Gasteiger partial charge is 0.369 e. The highest BCUT2D eigenvalue weighted by atomic mass is 35.5. The second-order valence-electron chi connectivity index (χ2n) is 5.67. The third-order valence-corrected chi connectivity index (χ3v) is 4.03. The van der Waals surface area contributed by atoms with Crippen molar-refractivity contribution in [2.45, 2.75) is 13.3 Å². The second-order valence-corrected chi connectivity index (χ2v) is 6.11. The van der Waals surface area contributed by atoms with Crippen molar-refractivity contribution in [3.8, 4) is 0 Å². The van der Waals surface area contributed by atoms with Crippen molar-refractivity contribution in [2.75, 3.05) is 50.7 Å². The second kappa shape index (κ2) is 8.42. The Bertz CT molecular complexity index is 453. The summed E-state index contributed by atoms with van der Waals surface area (Å²) in [6.45, 7) is 13.6. The zero-order valence-corrected chi connectivity index (χ0v) is 13.7. The SMILES string of the molecule is C=C(CNCCC)CN1CCN(c2cccc(Cl)c2)CC1. The Kier molecular flexibility index (Phi) is 6.55. The zero-order valence-electron chi connectivity index (χ0n) is 12.9. The number of piperazine rings is 1. The lowest BCUT2D eigenvalue weighted by molar-refractivity contribution is 0.276. The van der Waals surface area contributed by atoms with Gasteiger partial charge < -0.3 is 10.2 Å². The first-order valence-corrected chi connectivity index (χ1v) is 8.17. The molecule has 1 N–H and O–H groups in total. The van der Waals surface area contributed by atoms with Crippen LogP contribution in [0.3, 0.4) is 0 Å². The molecule has 1 aliphatic heterocycles. The third-order valence-electron chi connectivity index (χ3n) is 3.79. The van der Waals surface area contributed by atoms with Crippen LogP contribution in [-0.2, 0) is 0 Å². The molecule has 0 aliphatic carbocycles. The molecule has 0 amide bonds. The van der Waals surface area contributed by atoms with Gasteiger partial charge in [-0.15, -0.1) is 0 Å². The van der Waals surface area contributed by atoms with Crippen LogP contribution in [0.4, 0.5) is 5.69 Å². The first-order chi connectivity index (χ1) is 10.2. The third kappa shape index (κ3) is 5.34. The summed E-state index contributed by atoms with van der Waals surface area (Å²) in [7, 11) is 0. The summed E-state index contributed by atoms with van der Waals surface area (Å²) >= 11 is 6.07. The monoisotopic (exact) mass is 307 g/mol. The van der Waals surface area contributed by atoms with E-state index in [1.807, 2.05) is 18.2 Å². The number of halogens is 1. The van der Waals surface area contributed by atoms with Crippen molar-refractivity contribution >= 4 is 17.3 Å². The molecule has 4 heteroatoms. The van der Waals surface area contributed by atoms with E-state index in [1.54, 1.807) is 0 Å². The molecule has 0 unspecified atom stereocenters. The van der Waals surface area contributed by atoms with Crippen LogP contribution in [0.5, 0.6) is 0 Å². The van der Waals surface area contributed by atoms with E-state index < -0.39 is 0 Å². The summed E-state index contributed by atoms with van der Waals surface area (Å²) in [5, 5.41) is 4.22. The molecule has 1 fully saturated rings. The quantitative estimate of drug-likeness (QED) is 0.617. The van der Waals surface area contributed by atoms with Crippen molar-refractivity contribution in [3.05, 3.63) is 41.4 Å². The number of anilines is 1. The van der Waals surface area contributed by atoms with E-state index in [0.29, 0.717) is 0 Å². The molecule has 116 valence electrons. The molecule has 1 aliphatic rings. The lowest BCUT2D eigenvalue weighted by atomic mass is 10.2. The number of hydrogen-bond acceptors (Lipinski definition) is 3. The molecule has 0 spiro atoms. The molecule has 1 saturated heterocycles. The molecule has 1 aromatic carbocycles. The van der Waals surface area contributed by atoms with Gasteiger partial charge in [-0.05, 0) is 36.7 Å². The minimum absolute atomic E-state index is 0.810. The number of hydrogen-bond donors (Lipinski definition) is 1. The Morgan fingerprint density at radius 2 is 2.05 bits per heavy atom. The van der Waals surface area contributed by atoms with Gasteiger partial charge in [0.05, 0.1) is 0 Å². The van der Waals surface area contributed by atoms with Gasteiger partial charge in [0, 0.05) is 50.0 Å². The highest BCUT2D eigenvalue weighted by Gasteiger charge is 2.17. The molecule has 0 atom stereocenters.